The summed E-state index contributed by atoms with van der Waals surface area (Å²) >= 11 is 0. The fraction of sp³-hybridized carbons (Fsp3) is 0.333. The van der Waals surface area contributed by atoms with E-state index in [0.717, 1.165) is 29.1 Å². The summed E-state index contributed by atoms with van der Waals surface area (Å²) in [6.07, 6.45) is 0. The van der Waals surface area contributed by atoms with Crippen LogP contribution >= 0.6 is 0 Å². The van der Waals surface area contributed by atoms with Crippen molar-refractivity contribution in [3.63, 3.8) is 0 Å². The molecule has 1 aromatic heterocycles. The van der Waals surface area contributed by atoms with Gasteiger partial charge in [0, 0.05) is 30.3 Å². The minimum absolute atomic E-state index is 0.0829. The normalized spacial score (nSPS) is 18.9. The third-order valence-corrected chi connectivity index (χ3v) is 5.90. The van der Waals surface area contributed by atoms with Gasteiger partial charge in [-0.15, -0.1) is 0 Å². The molecule has 0 bridgehead atoms. The quantitative estimate of drug-likeness (QED) is 0.729. The Hall–Kier alpha value is -2.92. The first-order valence-corrected chi connectivity index (χ1v) is 10.2. The van der Waals surface area contributed by atoms with Crippen LogP contribution in [0.25, 0.3) is 0 Å². The van der Waals surface area contributed by atoms with Gasteiger partial charge in [0.15, 0.2) is 0 Å². The third-order valence-electron chi connectivity index (χ3n) is 5.90. The molecular formula is C24H28N4O. The Morgan fingerprint density at radius 3 is 2.41 bits per heavy atom. The Labute approximate surface area is 172 Å². The molecule has 1 aliphatic heterocycles. The van der Waals surface area contributed by atoms with Gasteiger partial charge in [0.2, 0.25) is 0 Å². The molecule has 5 heteroatoms. The van der Waals surface area contributed by atoms with Gasteiger partial charge in [0.1, 0.15) is 0 Å². The van der Waals surface area contributed by atoms with Crippen molar-refractivity contribution in [1.29, 1.82) is 0 Å². The van der Waals surface area contributed by atoms with Gasteiger partial charge < -0.3 is 10.6 Å². The maximum atomic E-state index is 13.1. The summed E-state index contributed by atoms with van der Waals surface area (Å²) in [5.74, 6) is 0.682. The van der Waals surface area contributed by atoms with Crippen molar-refractivity contribution in [3.8, 4) is 0 Å². The van der Waals surface area contributed by atoms with Crippen molar-refractivity contribution in [2.75, 3.05) is 19.6 Å². The van der Waals surface area contributed by atoms with Crippen LogP contribution in [0.5, 0.6) is 0 Å². The maximum absolute atomic E-state index is 13.1. The number of amides is 1. The summed E-state index contributed by atoms with van der Waals surface area (Å²) in [7, 11) is 0. The predicted molar refractivity (Wildman–Crippen MR) is 115 cm³/mol. The molecular weight excluding hydrogens is 360 g/mol. The molecule has 0 radical (unpaired) electrons. The van der Waals surface area contributed by atoms with Crippen molar-refractivity contribution in [1.82, 2.24) is 14.7 Å². The number of hydrogen-bond donors (Lipinski definition) is 1. The van der Waals surface area contributed by atoms with E-state index in [1.54, 1.807) is 0 Å². The fourth-order valence-corrected chi connectivity index (χ4v) is 4.30. The van der Waals surface area contributed by atoms with E-state index in [1.807, 2.05) is 46.8 Å². The molecule has 4 rings (SSSR count). The standard InChI is InChI=1S/C24H28N4O/c1-17-12-18(2)28(26-17)14-19-8-10-21(11-9-19)24(29)27-15-22(13-25)23(16-27)20-6-4-3-5-7-20/h3-12,22-23H,13-16,25H2,1-2H3/t22-,23+/m1/s1. The van der Waals surface area contributed by atoms with Crippen molar-refractivity contribution in [2.24, 2.45) is 11.7 Å². The summed E-state index contributed by atoms with van der Waals surface area (Å²) < 4.78 is 1.99. The Morgan fingerprint density at radius 1 is 1.07 bits per heavy atom. The smallest absolute Gasteiger partial charge is 0.253 e. The first-order chi connectivity index (χ1) is 14.0. The van der Waals surface area contributed by atoms with Crippen LogP contribution in [0.1, 0.15) is 38.8 Å². The highest BCUT2D eigenvalue weighted by atomic mass is 16.2. The molecule has 1 amide bonds. The van der Waals surface area contributed by atoms with E-state index in [0.29, 0.717) is 31.5 Å². The topological polar surface area (TPSA) is 64.2 Å². The van der Waals surface area contributed by atoms with Gasteiger partial charge >= 0.3 is 0 Å². The maximum Gasteiger partial charge on any atom is 0.253 e. The van der Waals surface area contributed by atoms with Crippen LogP contribution in [0.3, 0.4) is 0 Å². The van der Waals surface area contributed by atoms with E-state index < -0.39 is 0 Å². The molecule has 2 N–H and O–H groups in total. The lowest BCUT2D eigenvalue weighted by Crippen LogP contribution is -2.29. The number of hydrogen-bond acceptors (Lipinski definition) is 3. The average Bonchev–Trinajstić information content (AvgIpc) is 3.31. The Morgan fingerprint density at radius 2 is 1.79 bits per heavy atom. The molecule has 0 saturated carbocycles. The second kappa shape index (κ2) is 8.21. The Kier molecular flexibility index (Phi) is 5.49. The number of benzene rings is 2. The molecule has 1 aliphatic rings. The van der Waals surface area contributed by atoms with E-state index in [9.17, 15) is 4.79 Å². The highest BCUT2D eigenvalue weighted by Crippen LogP contribution is 2.32. The third kappa shape index (κ3) is 4.10. The Balaban J connectivity index is 1.46. The molecule has 2 atom stereocenters. The number of likely N-dealkylation sites (tertiary alicyclic amines) is 1. The summed E-state index contributed by atoms with van der Waals surface area (Å²) in [5.41, 5.74) is 11.3. The second-order valence-corrected chi connectivity index (χ2v) is 8.00. The molecule has 1 saturated heterocycles. The van der Waals surface area contributed by atoms with Gasteiger partial charge in [-0.05, 0) is 55.6 Å². The predicted octanol–water partition coefficient (Wildman–Crippen LogP) is 3.36. The number of nitrogens with two attached hydrogens (primary N) is 1. The van der Waals surface area contributed by atoms with E-state index in [4.69, 9.17) is 5.73 Å². The number of carbonyl (C=O) groups excluding carboxylic acids is 1. The van der Waals surface area contributed by atoms with Crippen LogP contribution in [0.4, 0.5) is 0 Å². The van der Waals surface area contributed by atoms with Crippen LogP contribution in [0.2, 0.25) is 0 Å². The number of nitrogens with zero attached hydrogens (tertiary/aromatic N) is 3. The average molecular weight is 389 g/mol. The van der Waals surface area contributed by atoms with Crippen molar-refractivity contribution in [2.45, 2.75) is 26.3 Å². The van der Waals surface area contributed by atoms with Crippen LogP contribution in [-0.4, -0.2) is 40.2 Å². The number of aromatic nitrogens is 2. The fourth-order valence-electron chi connectivity index (χ4n) is 4.30. The van der Waals surface area contributed by atoms with E-state index in [-0.39, 0.29) is 5.91 Å². The molecule has 2 heterocycles. The van der Waals surface area contributed by atoms with Crippen molar-refractivity contribution >= 4 is 5.91 Å². The molecule has 2 aromatic carbocycles. The summed E-state index contributed by atoms with van der Waals surface area (Å²) in [5, 5.41) is 4.51. The Bertz CT molecular complexity index is 978. The largest absolute Gasteiger partial charge is 0.338 e. The van der Waals surface area contributed by atoms with Crippen LogP contribution in [0.15, 0.2) is 60.7 Å². The molecule has 3 aromatic rings. The number of aryl methyl sites for hydroxylation is 2. The summed E-state index contributed by atoms with van der Waals surface area (Å²) in [4.78, 5) is 15.0. The lowest BCUT2D eigenvalue weighted by molar-refractivity contribution is 0.0786. The first-order valence-electron chi connectivity index (χ1n) is 10.2. The second-order valence-electron chi connectivity index (χ2n) is 8.00. The highest BCUT2D eigenvalue weighted by Gasteiger charge is 2.35. The molecule has 29 heavy (non-hydrogen) atoms. The summed E-state index contributed by atoms with van der Waals surface area (Å²) in [6, 6.07) is 20.4. The van der Waals surface area contributed by atoms with Crippen LogP contribution < -0.4 is 5.73 Å². The lowest BCUT2D eigenvalue weighted by Gasteiger charge is -2.17. The van der Waals surface area contributed by atoms with Crippen LogP contribution in [-0.2, 0) is 6.54 Å². The van der Waals surface area contributed by atoms with Crippen molar-refractivity contribution in [3.05, 3.63) is 88.7 Å². The minimum Gasteiger partial charge on any atom is -0.338 e. The van der Waals surface area contributed by atoms with Gasteiger partial charge in [-0.2, -0.15) is 5.10 Å². The molecule has 5 nitrogen and oxygen atoms in total. The number of rotatable bonds is 5. The zero-order chi connectivity index (χ0) is 20.4. The molecule has 0 unspecified atom stereocenters. The first kappa shape index (κ1) is 19.4. The summed E-state index contributed by atoms with van der Waals surface area (Å²) in [6.45, 7) is 6.79. The van der Waals surface area contributed by atoms with E-state index in [1.165, 1.54) is 5.56 Å². The molecule has 150 valence electrons. The highest BCUT2D eigenvalue weighted by molar-refractivity contribution is 5.94. The number of carbonyl (C=O) groups is 1. The minimum atomic E-state index is 0.0829. The molecule has 0 spiro atoms. The van der Waals surface area contributed by atoms with Gasteiger partial charge in [0.25, 0.3) is 5.91 Å². The zero-order valence-corrected chi connectivity index (χ0v) is 17.1. The zero-order valence-electron chi connectivity index (χ0n) is 17.1. The molecule has 0 aliphatic carbocycles. The van der Waals surface area contributed by atoms with Crippen LogP contribution in [0, 0.1) is 19.8 Å². The van der Waals surface area contributed by atoms with Gasteiger partial charge in [0.05, 0.1) is 12.2 Å². The lowest BCUT2D eigenvalue weighted by atomic mass is 9.89. The van der Waals surface area contributed by atoms with E-state index in [2.05, 4.69) is 42.4 Å². The van der Waals surface area contributed by atoms with Gasteiger partial charge in [-0.25, -0.2) is 0 Å². The SMILES string of the molecule is Cc1cc(C)n(Cc2ccc(C(=O)N3C[C@@H](CN)[C@H](c4ccccc4)C3)cc2)n1. The van der Waals surface area contributed by atoms with Gasteiger partial charge in [-0.3, -0.25) is 9.48 Å². The van der Waals surface area contributed by atoms with E-state index >= 15 is 0 Å². The monoisotopic (exact) mass is 388 g/mol. The van der Waals surface area contributed by atoms with Gasteiger partial charge in [-0.1, -0.05) is 42.5 Å². The molecule has 1 fully saturated rings. The van der Waals surface area contributed by atoms with Crippen molar-refractivity contribution < 1.29 is 4.79 Å².